The van der Waals surface area contributed by atoms with Crippen molar-refractivity contribution in [2.45, 2.75) is 38.4 Å². The second-order valence-electron chi connectivity index (χ2n) is 3.99. The molecule has 0 atom stereocenters. The predicted octanol–water partition coefficient (Wildman–Crippen LogP) is 1.90. The van der Waals surface area contributed by atoms with Crippen molar-refractivity contribution in [3.63, 3.8) is 0 Å². The molecule has 0 aromatic heterocycles. The van der Waals surface area contributed by atoms with Gasteiger partial charge in [0.1, 0.15) is 5.54 Å². The van der Waals surface area contributed by atoms with Crippen molar-refractivity contribution >= 4 is 11.9 Å². The maximum absolute atomic E-state index is 12.8. The van der Waals surface area contributed by atoms with Crippen molar-refractivity contribution in [2.24, 2.45) is 0 Å². The molecule has 106 valence electrons. The second kappa shape index (κ2) is 4.69. The average Bonchev–Trinajstić information content (AvgIpc) is 2.15. The first-order valence-corrected chi connectivity index (χ1v) is 4.80. The van der Waals surface area contributed by atoms with Crippen LogP contribution in [0.25, 0.3) is 0 Å². The zero-order valence-electron chi connectivity index (χ0n) is 9.81. The number of hydrogen-bond acceptors (Lipinski definition) is 2. The van der Waals surface area contributed by atoms with E-state index in [1.54, 1.807) is 0 Å². The minimum absolute atomic E-state index is 0.0250. The van der Waals surface area contributed by atoms with Gasteiger partial charge < -0.3 is 10.0 Å². The van der Waals surface area contributed by atoms with Crippen molar-refractivity contribution in [2.75, 3.05) is 6.54 Å². The lowest BCUT2D eigenvalue weighted by Gasteiger charge is -2.36. The first-order chi connectivity index (χ1) is 7.80. The quantitative estimate of drug-likeness (QED) is 0.798. The fraction of sp³-hybridized carbons (Fsp3) is 0.778. The molecule has 0 heterocycles. The molecular weight excluding hydrogens is 265 g/mol. The normalized spacial score (nSPS) is 13.3. The van der Waals surface area contributed by atoms with E-state index in [9.17, 15) is 31.5 Å². The summed E-state index contributed by atoms with van der Waals surface area (Å²) in [5.74, 6) is -9.88. The van der Waals surface area contributed by atoms with Crippen molar-refractivity contribution in [1.29, 1.82) is 0 Å². The number of halogens is 5. The average molecular weight is 277 g/mol. The van der Waals surface area contributed by atoms with Gasteiger partial charge in [0.25, 0.3) is 0 Å². The molecule has 0 saturated heterocycles. The molecule has 0 rings (SSSR count). The number of nitrogens with zero attached hydrogens (tertiary/aromatic N) is 1. The molecule has 0 aliphatic rings. The third-order valence-corrected chi connectivity index (χ3v) is 2.38. The highest BCUT2D eigenvalue weighted by Gasteiger charge is 2.66. The monoisotopic (exact) mass is 277 g/mol. The number of likely N-dealkylation sites (N-methyl/N-ethyl adjacent to an activating group) is 1. The van der Waals surface area contributed by atoms with Gasteiger partial charge in [0.05, 0.1) is 0 Å². The van der Waals surface area contributed by atoms with Crippen molar-refractivity contribution in [3.8, 4) is 0 Å². The molecule has 1 N–H and O–H groups in total. The fourth-order valence-electron chi connectivity index (χ4n) is 1.20. The van der Waals surface area contributed by atoms with Crippen LogP contribution in [-0.4, -0.2) is 46.1 Å². The molecule has 0 spiro atoms. The van der Waals surface area contributed by atoms with Gasteiger partial charge in [-0.3, -0.25) is 4.79 Å². The van der Waals surface area contributed by atoms with E-state index < -0.39 is 36.1 Å². The third-order valence-electron chi connectivity index (χ3n) is 2.38. The van der Waals surface area contributed by atoms with E-state index in [4.69, 9.17) is 5.11 Å². The van der Waals surface area contributed by atoms with E-state index in [1.165, 1.54) is 0 Å². The Labute approximate surface area is 99.4 Å². The summed E-state index contributed by atoms with van der Waals surface area (Å²) in [4.78, 5) is 21.9. The van der Waals surface area contributed by atoms with Crippen LogP contribution in [0.5, 0.6) is 0 Å². The highest BCUT2D eigenvalue weighted by molar-refractivity contribution is 5.90. The molecule has 0 radical (unpaired) electrons. The van der Waals surface area contributed by atoms with E-state index in [0.717, 1.165) is 20.8 Å². The van der Waals surface area contributed by atoms with Gasteiger partial charge in [0.15, 0.2) is 0 Å². The van der Waals surface area contributed by atoms with Gasteiger partial charge in [0.2, 0.25) is 0 Å². The number of alkyl halides is 5. The minimum Gasteiger partial charge on any atom is -0.480 e. The first kappa shape index (κ1) is 16.6. The molecule has 18 heavy (non-hydrogen) atoms. The maximum Gasteiger partial charge on any atom is 0.463 e. The number of carboxylic acids is 1. The Morgan fingerprint density at radius 3 is 1.72 bits per heavy atom. The Bertz CT molecular complexity index is 351. The number of hydrogen-bond donors (Lipinski definition) is 1. The van der Waals surface area contributed by atoms with Gasteiger partial charge in [0, 0.05) is 6.54 Å². The van der Waals surface area contributed by atoms with Crippen molar-refractivity contribution in [1.82, 2.24) is 4.90 Å². The molecular formula is C9H12F5NO3. The summed E-state index contributed by atoms with van der Waals surface area (Å²) in [6, 6.07) is 0. The summed E-state index contributed by atoms with van der Waals surface area (Å²) in [7, 11) is 0. The number of carboxylic acid groups (broad SMARTS) is 1. The smallest absolute Gasteiger partial charge is 0.463 e. The van der Waals surface area contributed by atoms with Gasteiger partial charge in [-0.2, -0.15) is 22.0 Å². The van der Waals surface area contributed by atoms with Crippen LogP contribution in [0.3, 0.4) is 0 Å². The zero-order valence-corrected chi connectivity index (χ0v) is 9.81. The molecule has 0 bridgehead atoms. The molecule has 0 aromatic carbocycles. The van der Waals surface area contributed by atoms with Gasteiger partial charge in [-0.15, -0.1) is 0 Å². The van der Waals surface area contributed by atoms with Gasteiger partial charge in [-0.1, -0.05) is 0 Å². The maximum atomic E-state index is 12.8. The van der Waals surface area contributed by atoms with Crippen LogP contribution in [0.15, 0.2) is 0 Å². The molecule has 0 aliphatic heterocycles. The van der Waals surface area contributed by atoms with Crippen LogP contribution in [0.2, 0.25) is 0 Å². The summed E-state index contributed by atoms with van der Waals surface area (Å²) >= 11 is 0. The van der Waals surface area contributed by atoms with Crippen LogP contribution < -0.4 is 0 Å². The molecule has 0 saturated carbocycles. The zero-order chi connectivity index (χ0) is 14.9. The number of aliphatic carboxylic acids is 1. The number of carbonyl (C=O) groups is 2. The number of amides is 1. The number of carbonyl (C=O) groups excluding carboxylic acids is 1. The third kappa shape index (κ3) is 2.70. The predicted molar refractivity (Wildman–Crippen MR) is 50.1 cm³/mol. The van der Waals surface area contributed by atoms with Crippen LogP contribution >= 0.6 is 0 Å². The second-order valence-corrected chi connectivity index (χ2v) is 3.99. The standard InChI is InChI=1S/C9H12F5NO3/c1-4-15(7(2,3)6(17)18)5(16)8(10,11)9(12,13)14/h4H2,1-3H3,(H,17,18). The largest absolute Gasteiger partial charge is 0.480 e. The van der Waals surface area contributed by atoms with Gasteiger partial charge >= 0.3 is 24.0 Å². The summed E-state index contributed by atoms with van der Waals surface area (Å²) in [5.41, 5.74) is -2.17. The Balaban J connectivity index is 5.49. The molecule has 0 aromatic rings. The molecule has 4 nitrogen and oxygen atoms in total. The van der Waals surface area contributed by atoms with Crippen LogP contribution in [0.4, 0.5) is 22.0 Å². The lowest BCUT2D eigenvalue weighted by Crippen LogP contribution is -2.60. The topological polar surface area (TPSA) is 57.6 Å². The summed E-state index contributed by atoms with van der Waals surface area (Å²) < 4.78 is 61.8. The lowest BCUT2D eigenvalue weighted by atomic mass is 10.0. The Kier molecular flexibility index (Phi) is 4.33. The first-order valence-electron chi connectivity index (χ1n) is 4.80. The highest BCUT2D eigenvalue weighted by Crippen LogP contribution is 2.38. The molecule has 0 aliphatic carbocycles. The highest BCUT2D eigenvalue weighted by atomic mass is 19.4. The van der Waals surface area contributed by atoms with Crippen molar-refractivity contribution in [3.05, 3.63) is 0 Å². The Morgan fingerprint density at radius 1 is 1.11 bits per heavy atom. The number of rotatable bonds is 4. The van der Waals surface area contributed by atoms with E-state index in [2.05, 4.69) is 0 Å². The molecule has 1 amide bonds. The lowest BCUT2D eigenvalue weighted by molar-refractivity contribution is -0.276. The summed E-state index contributed by atoms with van der Waals surface area (Å²) in [6.07, 6.45) is -6.06. The summed E-state index contributed by atoms with van der Waals surface area (Å²) in [5, 5.41) is 8.74. The van der Waals surface area contributed by atoms with Crippen LogP contribution in [-0.2, 0) is 9.59 Å². The Hall–Kier alpha value is -1.41. The Morgan fingerprint density at radius 2 is 1.50 bits per heavy atom. The van der Waals surface area contributed by atoms with Gasteiger partial charge in [-0.25, -0.2) is 4.79 Å². The fourth-order valence-corrected chi connectivity index (χ4v) is 1.20. The molecule has 0 unspecified atom stereocenters. The molecule has 9 heteroatoms. The van der Waals surface area contributed by atoms with Crippen LogP contribution in [0.1, 0.15) is 20.8 Å². The van der Waals surface area contributed by atoms with Crippen LogP contribution in [0, 0.1) is 0 Å². The van der Waals surface area contributed by atoms with E-state index >= 15 is 0 Å². The minimum atomic E-state index is -6.06. The molecule has 0 fully saturated rings. The SMILES string of the molecule is CCN(C(=O)C(F)(F)C(F)(F)F)C(C)(C)C(=O)O. The van der Waals surface area contributed by atoms with Crippen molar-refractivity contribution < 1.29 is 36.6 Å². The van der Waals surface area contributed by atoms with E-state index in [1.807, 2.05) is 0 Å². The van der Waals surface area contributed by atoms with E-state index in [0.29, 0.717) is 0 Å². The van der Waals surface area contributed by atoms with E-state index in [-0.39, 0.29) is 4.90 Å². The van der Waals surface area contributed by atoms with Gasteiger partial charge in [-0.05, 0) is 20.8 Å². The summed E-state index contributed by atoms with van der Waals surface area (Å²) in [6.45, 7) is 2.24.